The average molecular weight is 1200 g/mol. The Balaban J connectivity index is 0.847. The Morgan fingerprint density at radius 3 is 2.38 bits per heavy atom. The topological polar surface area (TPSA) is 307 Å². The molecular weight excluding hydrogens is 1140 g/mol. The highest BCUT2D eigenvalue weighted by molar-refractivity contribution is 7.52. The van der Waals surface area contributed by atoms with E-state index in [4.69, 9.17) is 10.5 Å². The van der Waals surface area contributed by atoms with E-state index < -0.39 is 109 Å². The van der Waals surface area contributed by atoms with Gasteiger partial charge >= 0.3 is 19.4 Å². The number of primary amides is 1. The Bertz CT molecular complexity index is 3380. The van der Waals surface area contributed by atoms with Gasteiger partial charge < -0.3 is 55.8 Å². The molecule has 8 N–H and O–H groups in total. The highest BCUT2D eigenvalue weighted by atomic mass is 32.1. The minimum absolute atomic E-state index is 0.00590. The van der Waals surface area contributed by atoms with Gasteiger partial charge in [-0.05, 0) is 116 Å². The monoisotopic (exact) mass is 1200 g/mol. The molecule has 0 radical (unpaired) electrons. The van der Waals surface area contributed by atoms with E-state index in [0.717, 1.165) is 29.0 Å². The molecule has 1 aromatic heterocycles. The molecule has 5 aliphatic heterocycles. The van der Waals surface area contributed by atoms with Gasteiger partial charge in [-0.3, -0.25) is 48.2 Å². The summed E-state index contributed by atoms with van der Waals surface area (Å²) in [5, 5.41) is 10.5. The number of hydrogen-bond acceptors (Lipinski definition) is 13. The number of nitrogens with zero attached hydrogens (tertiary/aromatic N) is 4. The smallest absolute Gasteiger partial charge is 0.404 e. The minimum Gasteiger partial charge on any atom is -0.447 e. The number of nitrogens with two attached hydrogens (primary N) is 1. The second kappa shape index (κ2) is 25.7. The van der Waals surface area contributed by atoms with Gasteiger partial charge in [-0.25, -0.2) is 9.18 Å². The maximum Gasteiger partial charge on any atom is 0.404 e. The molecule has 446 valence electrons. The Morgan fingerprint density at radius 2 is 1.68 bits per heavy atom. The number of likely N-dealkylation sites (tertiary alicyclic amines) is 1. The molecule has 3 aromatic carbocycles. The average Bonchev–Trinajstić information content (AvgIpc) is 2.93. The number of amides is 9. The first-order valence-electron chi connectivity index (χ1n) is 27.6. The number of carbonyl (C=O) groups is 9. The molecule has 0 aliphatic carbocycles. The van der Waals surface area contributed by atoms with E-state index in [1.54, 1.807) is 17.0 Å². The van der Waals surface area contributed by atoms with Crippen LogP contribution in [0.1, 0.15) is 107 Å². The van der Waals surface area contributed by atoms with Crippen LogP contribution in [0.3, 0.4) is 0 Å². The van der Waals surface area contributed by atoms with E-state index in [-0.39, 0.29) is 66.8 Å². The van der Waals surface area contributed by atoms with Gasteiger partial charge in [-0.1, -0.05) is 43.0 Å². The fourth-order valence-electron chi connectivity index (χ4n) is 11.6. The molecule has 1 unspecified atom stereocenters. The molecule has 5 aliphatic rings. The first-order chi connectivity index (χ1) is 40.0. The number of halogens is 3. The van der Waals surface area contributed by atoms with Gasteiger partial charge in [0.2, 0.25) is 35.4 Å². The van der Waals surface area contributed by atoms with Crippen LogP contribution in [-0.4, -0.2) is 158 Å². The Kier molecular flexibility index (Phi) is 18.6. The van der Waals surface area contributed by atoms with Gasteiger partial charge in [-0.15, -0.1) is 11.3 Å². The number of nitrogens with one attached hydrogen (secondary N) is 4. The van der Waals surface area contributed by atoms with E-state index in [1.807, 2.05) is 17.9 Å². The summed E-state index contributed by atoms with van der Waals surface area (Å²) in [4.78, 5) is 146. The minimum atomic E-state index is -5.89. The lowest BCUT2D eigenvalue weighted by Crippen LogP contribution is -2.62. The van der Waals surface area contributed by atoms with Crippen LogP contribution in [-0.2, 0) is 56.7 Å². The van der Waals surface area contributed by atoms with Gasteiger partial charge in [0.1, 0.15) is 42.6 Å². The molecule has 0 bridgehead atoms. The summed E-state index contributed by atoms with van der Waals surface area (Å²) < 4.78 is 60.2. The van der Waals surface area contributed by atoms with Crippen LogP contribution in [0, 0.1) is 23.6 Å². The standard InChI is InChI=1S/C57H63F3N9O13PS/c1-2-66-23-22-38-15-16-45(69(38)55(77)42(30-66)63-52(74)47-28-35-27-36(12-18-46(35)84-47)57(59,60)83(79,80)81)51(73)64-43(31-82-56(61)78)49(71)62-41(26-33-10-13-37(58)14-11-33)54(76)67-24-20-32(21-25-67)6-3-4-7-34-8-5-9-39-40(34)29-68(53(39)75)44-17-19-48(70)65-50(44)72/h5,8-14,18,27-28,32,38,41-45H,2-3,6,15-17,19-26,29-31H2,1H3,(H2,61,78)(H,62,71)(H,63,74)(H,64,73)(H,65,70,72)(H2,79,80,81)/t38-,41+,42+,43+,44?,45+/m1/s1. The Labute approximate surface area is 484 Å². The summed E-state index contributed by atoms with van der Waals surface area (Å²) in [6.07, 6.45) is 2.37. The van der Waals surface area contributed by atoms with Crippen molar-refractivity contribution in [1.29, 1.82) is 0 Å². The second-order valence-corrected chi connectivity index (χ2v) is 24.3. The molecule has 4 fully saturated rings. The number of benzene rings is 3. The fourth-order valence-corrected chi connectivity index (χ4v) is 13.0. The lowest BCUT2D eigenvalue weighted by molar-refractivity contribution is -0.144. The summed E-state index contributed by atoms with van der Waals surface area (Å²) in [5.41, 5.74) is 2.22. The van der Waals surface area contributed by atoms with Crippen molar-refractivity contribution in [3.05, 3.63) is 105 Å². The van der Waals surface area contributed by atoms with Crippen LogP contribution in [0.25, 0.3) is 10.1 Å². The largest absolute Gasteiger partial charge is 0.447 e. The number of fused-ring (bicyclic) bond motifs is 3. The van der Waals surface area contributed by atoms with Gasteiger partial charge in [0, 0.05) is 79.4 Å². The Hall–Kier alpha value is -7.69. The summed E-state index contributed by atoms with van der Waals surface area (Å²) in [7, 11) is -5.89. The molecule has 22 nitrogen and oxygen atoms in total. The number of alkyl halides is 2. The highest BCUT2D eigenvalue weighted by Crippen LogP contribution is 2.59. The molecule has 9 amide bonds. The van der Waals surface area contributed by atoms with Crippen LogP contribution in [0.2, 0.25) is 0 Å². The van der Waals surface area contributed by atoms with Crippen molar-refractivity contribution in [2.45, 2.75) is 120 Å². The summed E-state index contributed by atoms with van der Waals surface area (Å²) in [6.45, 7) is 2.92. The third-order valence-corrected chi connectivity index (χ3v) is 18.3. The lowest BCUT2D eigenvalue weighted by atomic mass is 9.91. The van der Waals surface area contributed by atoms with E-state index >= 15 is 0 Å². The summed E-state index contributed by atoms with van der Waals surface area (Å²) >= 11 is 0.902. The third-order valence-electron chi connectivity index (χ3n) is 16.2. The van der Waals surface area contributed by atoms with E-state index in [2.05, 4.69) is 33.1 Å². The molecule has 0 saturated carbocycles. The zero-order chi connectivity index (χ0) is 60.2. The molecule has 0 spiro atoms. The molecule has 6 heterocycles. The van der Waals surface area contributed by atoms with Crippen LogP contribution >= 0.6 is 18.9 Å². The maximum atomic E-state index is 14.7. The number of likely N-dealkylation sites (N-methyl/N-ethyl adjacent to an activating group) is 1. The number of rotatable bonds is 17. The van der Waals surface area contributed by atoms with Crippen molar-refractivity contribution in [3.63, 3.8) is 0 Å². The van der Waals surface area contributed by atoms with Crippen molar-refractivity contribution in [2.75, 3.05) is 39.3 Å². The maximum absolute atomic E-state index is 14.7. The summed E-state index contributed by atoms with van der Waals surface area (Å²) in [5.74, 6) is 1.31. The number of imide groups is 1. The molecule has 27 heteroatoms. The molecular formula is C57H63F3N9O13PS. The molecule has 84 heavy (non-hydrogen) atoms. The number of ether oxygens (including phenoxy) is 1. The van der Waals surface area contributed by atoms with Crippen molar-refractivity contribution < 1.29 is 75.4 Å². The zero-order valence-electron chi connectivity index (χ0n) is 45.7. The quantitative estimate of drug-likeness (QED) is 0.0452. The number of hydrogen-bond donors (Lipinski definition) is 7. The number of carbonyl (C=O) groups excluding carboxylic acids is 9. The van der Waals surface area contributed by atoms with E-state index in [1.165, 1.54) is 46.2 Å². The van der Waals surface area contributed by atoms with E-state index in [0.29, 0.717) is 86.1 Å². The highest BCUT2D eigenvalue weighted by Gasteiger charge is 2.51. The van der Waals surface area contributed by atoms with Gasteiger partial charge in [0.15, 0.2) is 0 Å². The Morgan fingerprint density at radius 1 is 0.929 bits per heavy atom. The van der Waals surface area contributed by atoms with Crippen molar-refractivity contribution in [1.82, 2.24) is 40.9 Å². The van der Waals surface area contributed by atoms with Gasteiger partial charge in [0.05, 0.1) is 4.88 Å². The normalized spacial score (nSPS) is 21.3. The molecule has 4 saturated heterocycles. The summed E-state index contributed by atoms with van der Waals surface area (Å²) in [6, 6.07) is 8.23. The fraction of sp³-hybridized carbons (Fsp3) is 0.456. The second-order valence-electron chi connectivity index (χ2n) is 21.6. The first-order valence-corrected chi connectivity index (χ1v) is 30.1. The first kappa shape index (κ1) is 60.9. The molecule has 9 rings (SSSR count). The van der Waals surface area contributed by atoms with Crippen LogP contribution < -0.4 is 27.0 Å². The third kappa shape index (κ3) is 13.6. The van der Waals surface area contributed by atoms with E-state index in [9.17, 15) is 70.7 Å². The lowest BCUT2D eigenvalue weighted by Gasteiger charge is -2.38. The van der Waals surface area contributed by atoms with Crippen molar-refractivity contribution >= 4 is 82.4 Å². The number of piperidine rings is 2. The molecule has 4 aromatic rings. The van der Waals surface area contributed by atoms with Crippen molar-refractivity contribution in [2.24, 2.45) is 11.7 Å². The van der Waals surface area contributed by atoms with Gasteiger partial charge in [0.25, 0.3) is 11.8 Å². The SMILES string of the molecule is CCN1CC[C@H]2CC[C@@H](C(=O)N[C@@H](COC(N)=O)C(=O)N[C@@H](Cc3ccc(F)cc3)C(=O)N3CCC(CCC#Cc4cccc5c4CN(C4CCC(=O)NC4=O)C5=O)CC3)N2C(=O)[C@@H](NC(=O)c2cc3cc(C(F)(F)P(=O)(O)O)ccc3s2)C1. The van der Waals surface area contributed by atoms with Crippen LogP contribution in [0.4, 0.5) is 18.0 Å². The van der Waals surface area contributed by atoms with Crippen LogP contribution in [0.5, 0.6) is 0 Å². The van der Waals surface area contributed by atoms with Gasteiger partial charge in [-0.2, -0.15) is 8.78 Å². The van der Waals surface area contributed by atoms with Crippen LogP contribution in [0.15, 0.2) is 66.7 Å². The molecule has 6 atom stereocenters. The number of thiophene rings is 1. The predicted molar refractivity (Wildman–Crippen MR) is 297 cm³/mol. The van der Waals surface area contributed by atoms with Crippen molar-refractivity contribution in [3.8, 4) is 11.8 Å². The zero-order valence-corrected chi connectivity index (χ0v) is 47.4. The predicted octanol–water partition coefficient (Wildman–Crippen LogP) is 3.59.